The van der Waals surface area contributed by atoms with E-state index in [0.717, 1.165) is 5.56 Å². The van der Waals surface area contributed by atoms with Gasteiger partial charge in [0.1, 0.15) is 21.1 Å². The van der Waals surface area contributed by atoms with Crippen molar-refractivity contribution in [3.63, 3.8) is 0 Å². The predicted molar refractivity (Wildman–Crippen MR) is 299 cm³/mol. The lowest BCUT2D eigenvalue weighted by Crippen LogP contribution is -2.33. The van der Waals surface area contributed by atoms with Crippen LogP contribution in [-0.2, 0) is 21.1 Å². The molecular weight excluding hydrogens is 871 g/mol. The number of rotatable bonds is 10. The first-order valence-electron chi connectivity index (χ1n) is 24.9. The molecule has 0 amide bonds. The molecular formula is C69H58N3+3. The van der Waals surface area contributed by atoms with Gasteiger partial charge < -0.3 is 0 Å². The molecule has 0 aliphatic carbocycles. The minimum atomic E-state index is 1.16. The van der Waals surface area contributed by atoms with Crippen LogP contribution in [0.1, 0.15) is 16.7 Å². The Bertz CT molecular complexity index is 3670. The van der Waals surface area contributed by atoms with Crippen molar-refractivity contribution in [2.24, 2.45) is 21.1 Å². The van der Waals surface area contributed by atoms with Crippen molar-refractivity contribution < 1.29 is 13.7 Å². The van der Waals surface area contributed by atoms with Crippen LogP contribution in [0.2, 0.25) is 0 Å². The van der Waals surface area contributed by atoms with Crippen LogP contribution in [0.4, 0.5) is 0 Å². The molecule has 0 radical (unpaired) electrons. The fourth-order valence-corrected chi connectivity index (χ4v) is 10.8. The summed E-state index contributed by atoms with van der Waals surface area (Å²) < 4.78 is 6.70. The van der Waals surface area contributed by atoms with E-state index >= 15 is 0 Å². The molecule has 3 heteroatoms. The van der Waals surface area contributed by atoms with E-state index in [4.69, 9.17) is 0 Å². The Morgan fingerprint density at radius 3 is 0.917 bits per heavy atom. The normalized spacial score (nSPS) is 11.2. The lowest BCUT2D eigenvalue weighted by molar-refractivity contribution is -0.660. The van der Waals surface area contributed by atoms with Gasteiger partial charge in [-0.25, -0.2) is 9.13 Å². The highest BCUT2D eigenvalue weighted by atomic mass is 14.9. The Kier molecular flexibility index (Phi) is 12.4. The van der Waals surface area contributed by atoms with Crippen molar-refractivity contribution >= 4 is 0 Å². The first kappa shape index (κ1) is 45.6. The third kappa shape index (κ3) is 8.75. The SMILES string of the molecule is Cc1cc(-c2ccccc2-c2cc(-c3ccccc3-c3ccc(-c4cccc[n+]4C)c(C)c3)cc(-c3ccccc3-c3ccc(-c4cccc(-c5ccccc5)[n+]4C)c(C)c3)c2)ccc1-c1cccc[n+]1C. The van der Waals surface area contributed by atoms with Crippen molar-refractivity contribution in [1.82, 2.24) is 0 Å². The standard InChI is InChI=1S/C69H58N3/c1-47-41-51(33-36-57(47)67-29-16-18-39-70(67)4)60-23-10-13-26-63(60)54-44-55(64-27-14-11-24-61(64)52-34-37-58(48(2)42-52)68-30-17-19-40-71(68)5)46-56(45-54)65-28-15-12-25-62(65)53-35-38-59(49(3)43-53)69-32-20-31-66(72(69)6)50-21-8-7-9-22-50/h7-46H,1-6H3/q+3. The summed E-state index contributed by atoms with van der Waals surface area (Å²) in [5.74, 6) is 0. The van der Waals surface area contributed by atoms with Gasteiger partial charge >= 0.3 is 0 Å². The fraction of sp³-hybridized carbons (Fsp3) is 0.0870. The molecule has 0 atom stereocenters. The van der Waals surface area contributed by atoms with Crippen LogP contribution in [0.25, 0.3) is 112 Å². The van der Waals surface area contributed by atoms with E-state index in [1.165, 1.54) is 123 Å². The summed E-state index contributed by atoms with van der Waals surface area (Å²) in [5.41, 5.74) is 27.6. The molecule has 0 aliphatic rings. The number of aromatic nitrogens is 3. The maximum Gasteiger partial charge on any atom is 0.213 e. The van der Waals surface area contributed by atoms with Gasteiger partial charge in [0.15, 0.2) is 12.4 Å². The number of pyridine rings is 3. The van der Waals surface area contributed by atoms with Crippen molar-refractivity contribution in [2.75, 3.05) is 0 Å². The Morgan fingerprint density at radius 1 is 0.222 bits per heavy atom. The number of benzene rings is 8. The van der Waals surface area contributed by atoms with Gasteiger partial charge in [-0.15, -0.1) is 0 Å². The molecule has 72 heavy (non-hydrogen) atoms. The first-order chi connectivity index (χ1) is 35.2. The number of aryl methyl sites for hydroxylation is 5. The maximum absolute atomic E-state index is 2.41. The molecule has 0 N–H and O–H groups in total. The highest BCUT2D eigenvalue weighted by Crippen LogP contribution is 2.43. The van der Waals surface area contributed by atoms with Crippen LogP contribution < -0.4 is 13.7 Å². The van der Waals surface area contributed by atoms with Gasteiger partial charge in [0.05, 0.1) is 0 Å². The Morgan fingerprint density at radius 2 is 0.542 bits per heavy atom. The molecule has 8 aromatic carbocycles. The molecule has 346 valence electrons. The third-order valence-electron chi connectivity index (χ3n) is 14.5. The van der Waals surface area contributed by atoms with E-state index in [1.54, 1.807) is 0 Å². The summed E-state index contributed by atoms with van der Waals surface area (Å²) in [6.07, 6.45) is 4.23. The van der Waals surface area contributed by atoms with E-state index in [1.807, 2.05) is 0 Å². The third-order valence-corrected chi connectivity index (χ3v) is 14.5. The lowest BCUT2D eigenvalue weighted by atomic mass is 9.85. The summed E-state index contributed by atoms with van der Waals surface area (Å²) in [6.45, 7) is 6.70. The summed E-state index contributed by atoms with van der Waals surface area (Å²) in [7, 11) is 6.40. The van der Waals surface area contributed by atoms with Gasteiger partial charge in [-0.2, -0.15) is 4.57 Å². The largest absolute Gasteiger partial charge is 0.213 e. The molecule has 0 saturated heterocycles. The molecule has 0 bridgehead atoms. The van der Waals surface area contributed by atoms with Crippen molar-refractivity contribution in [1.29, 1.82) is 0 Å². The quantitative estimate of drug-likeness (QED) is 0.121. The van der Waals surface area contributed by atoms with Crippen molar-refractivity contribution in [2.45, 2.75) is 20.8 Å². The topological polar surface area (TPSA) is 11.6 Å². The monoisotopic (exact) mass is 928 g/mol. The van der Waals surface area contributed by atoms with E-state index < -0.39 is 0 Å². The Hall–Kier alpha value is -8.79. The molecule has 11 aromatic rings. The van der Waals surface area contributed by atoms with E-state index in [-0.39, 0.29) is 0 Å². The zero-order chi connectivity index (χ0) is 49.3. The number of nitrogens with zero attached hydrogens (tertiary/aromatic N) is 3. The smallest absolute Gasteiger partial charge is 0.201 e. The Labute approximate surface area is 424 Å². The van der Waals surface area contributed by atoms with Gasteiger partial charge in [-0.1, -0.05) is 127 Å². The molecule has 0 unspecified atom stereocenters. The zero-order valence-corrected chi connectivity index (χ0v) is 41.9. The van der Waals surface area contributed by atoms with Crippen LogP contribution in [0.5, 0.6) is 0 Å². The van der Waals surface area contributed by atoms with Crippen LogP contribution in [-0.4, -0.2) is 0 Å². The predicted octanol–water partition coefficient (Wildman–Crippen LogP) is 15.8. The molecule has 3 aromatic heterocycles. The highest BCUT2D eigenvalue weighted by molar-refractivity contribution is 5.95. The van der Waals surface area contributed by atoms with E-state index in [0.29, 0.717) is 0 Å². The minimum absolute atomic E-state index is 1.16. The summed E-state index contributed by atoms with van der Waals surface area (Å²) in [5, 5.41) is 0. The van der Waals surface area contributed by atoms with E-state index in [9.17, 15) is 0 Å². The van der Waals surface area contributed by atoms with Gasteiger partial charge in [0.25, 0.3) is 0 Å². The van der Waals surface area contributed by atoms with Crippen molar-refractivity contribution in [3.8, 4) is 112 Å². The van der Waals surface area contributed by atoms with Crippen LogP contribution in [0.3, 0.4) is 0 Å². The van der Waals surface area contributed by atoms with Gasteiger partial charge in [0.2, 0.25) is 22.8 Å². The average Bonchev–Trinajstić information content (AvgIpc) is 3.41. The highest BCUT2D eigenvalue weighted by Gasteiger charge is 2.21. The zero-order valence-electron chi connectivity index (χ0n) is 41.9. The number of hydrogen-bond donors (Lipinski definition) is 0. The average molecular weight is 929 g/mol. The molecule has 3 nitrogen and oxygen atoms in total. The summed E-state index contributed by atoms with van der Waals surface area (Å²) in [4.78, 5) is 0. The molecule has 0 saturated carbocycles. The summed E-state index contributed by atoms with van der Waals surface area (Å²) >= 11 is 0. The molecule has 0 fully saturated rings. The second kappa shape index (κ2) is 19.5. The molecule has 0 aliphatic heterocycles. The van der Waals surface area contributed by atoms with Crippen LogP contribution >= 0.6 is 0 Å². The van der Waals surface area contributed by atoms with Gasteiger partial charge in [-0.05, 0) is 171 Å². The van der Waals surface area contributed by atoms with Crippen LogP contribution in [0, 0.1) is 20.8 Å². The lowest BCUT2D eigenvalue weighted by Gasteiger charge is -2.19. The molecule has 11 rings (SSSR count). The fourth-order valence-electron chi connectivity index (χ4n) is 10.8. The molecule has 3 heterocycles. The van der Waals surface area contributed by atoms with E-state index in [2.05, 4.69) is 299 Å². The minimum Gasteiger partial charge on any atom is -0.201 e. The molecule has 0 spiro atoms. The first-order valence-corrected chi connectivity index (χ1v) is 24.9. The summed E-state index contributed by atoms with van der Waals surface area (Å²) in [6, 6.07) is 84.7. The van der Waals surface area contributed by atoms with Crippen LogP contribution in [0.15, 0.2) is 243 Å². The van der Waals surface area contributed by atoms with Gasteiger partial charge in [-0.3, -0.25) is 0 Å². The Balaban J connectivity index is 1.06. The maximum atomic E-state index is 2.41. The second-order valence-corrected chi connectivity index (χ2v) is 19.1. The van der Waals surface area contributed by atoms with Crippen molar-refractivity contribution in [3.05, 3.63) is 260 Å². The number of hydrogen-bond acceptors (Lipinski definition) is 0. The second-order valence-electron chi connectivity index (χ2n) is 19.1. The van der Waals surface area contributed by atoms with Gasteiger partial charge in [0, 0.05) is 58.7 Å².